The molecule has 0 spiro atoms. The van der Waals surface area contributed by atoms with E-state index in [2.05, 4.69) is 15.2 Å². The van der Waals surface area contributed by atoms with E-state index in [1.807, 2.05) is 43.3 Å². The SMILES string of the molecule is COc1ccccc1-c1nnc(SCc2cc(=O)n3cccc(C)c3n2)o1. The first-order chi connectivity index (χ1) is 13.2. The summed E-state index contributed by atoms with van der Waals surface area (Å²) in [6, 6.07) is 12.7. The molecule has 27 heavy (non-hydrogen) atoms. The van der Waals surface area contributed by atoms with Crippen molar-refractivity contribution in [1.82, 2.24) is 19.6 Å². The van der Waals surface area contributed by atoms with Gasteiger partial charge in [-0.25, -0.2) is 4.98 Å². The lowest BCUT2D eigenvalue weighted by Gasteiger charge is -2.05. The van der Waals surface area contributed by atoms with Crippen molar-refractivity contribution >= 4 is 17.4 Å². The van der Waals surface area contributed by atoms with Crippen LogP contribution in [-0.4, -0.2) is 26.7 Å². The lowest BCUT2D eigenvalue weighted by atomic mass is 10.2. The summed E-state index contributed by atoms with van der Waals surface area (Å²) in [5.41, 5.74) is 2.88. The summed E-state index contributed by atoms with van der Waals surface area (Å²) >= 11 is 1.33. The highest BCUT2D eigenvalue weighted by molar-refractivity contribution is 7.98. The second-order valence-electron chi connectivity index (χ2n) is 5.83. The maximum Gasteiger partial charge on any atom is 0.277 e. The van der Waals surface area contributed by atoms with E-state index >= 15 is 0 Å². The Morgan fingerprint density at radius 3 is 2.89 bits per heavy atom. The van der Waals surface area contributed by atoms with Crippen molar-refractivity contribution in [3.63, 3.8) is 0 Å². The van der Waals surface area contributed by atoms with Crippen molar-refractivity contribution in [2.24, 2.45) is 0 Å². The van der Waals surface area contributed by atoms with E-state index in [4.69, 9.17) is 9.15 Å². The average Bonchev–Trinajstić information content (AvgIpc) is 3.16. The fourth-order valence-electron chi connectivity index (χ4n) is 2.72. The fourth-order valence-corrected chi connectivity index (χ4v) is 3.37. The number of hydrogen-bond donors (Lipinski definition) is 0. The van der Waals surface area contributed by atoms with Crippen LogP contribution in [0.1, 0.15) is 11.3 Å². The molecule has 0 aliphatic rings. The lowest BCUT2D eigenvalue weighted by Crippen LogP contribution is -2.15. The molecular weight excluding hydrogens is 364 g/mol. The van der Waals surface area contributed by atoms with Gasteiger partial charge in [-0.05, 0) is 30.7 Å². The van der Waals surface area contributed by atoms with Gasteiger partial charge in [0.25, 0.3) is 16.7 Å². The first-order valence-corrected chi connectivity index (χ1v) is 9.22. The molecule has 0 saturated heterocycles. The zero-order valence-corrected chi connectivity index (χ0v) is 15.6. The molecule has 4 rings (SSSR count). The molecule has 0 bridgehead atoms. The Labute approximate surface area is 159 Å². The molecule has 0 N–H and O–H groups in total. The van der Waals surface area contributed by atoms with Gasteiger partial charge in [-0.3, -0.25) is 9.20 Å². The Kier molecular flexibility index (Phi) is 4.64. The number of fused-ring (bicyclic) bond motifs is 1. The average molecular weight is 380 g/mol. The molecule has 4 aromatic rings. The molecule has 0 radical (unpaired) electrons. The Bertz CT molecular complexity index is 1170. The first kappa shape index (κ1) is 17.3. The second kappa shape index (κ2) is 7.24. The van der Waals surface area contributed by atoms with Gasteiger partial charge in [-0.15, -0.1) is 10.2 Å². The van der Waals surface area contributed by atoms with Crippen LogP contribution >= 0.6 is 11.8 Å². The summed E-state index contributed by atoms with van der Waals surface area (Å²) in [6.45, 7) is 1.93. The first-order valence-electron chi connectivity index (χ1n) is 8.23. The van der Waals surface area contributed by atoms with Gasteiger partial charge >= 0.3 is 0 Å². The number of nitrogens with zero attached hydrogens (tertiary/aromatic N) is 4. The Hall–Kier alpha value is -3.13. The zero-order chi connectivity index (χ0) is 18.8. The van der Waals surface area contributed by atoms with Gasteiger partial charge in [0.15, 0.2) is 0 Å². The van der Waals surface area contributed by atoms with Crippen molar-refractivity contribution in [2.75, 3.05) is 7.11 Å². The largest absolute Gasteiger partial charge is 0.496 e. The second-order valence-corrected chi connectivity index (χ2v) is 6.76. The van der Waals surface area contributed by atoms with Gasteiger partial charge in [0.1, 0.15) is 11.4 Å². The number of para-hydroxylation sites is 1. The van der Waals surface area contributed by atoms with Gasteiger partial charge < -0.3 is 9.15 Å². The Morgan fingerprint density at radius 2 is 2.04 bits per heavy atom. The Morgan fingerprint density at radius 1 is 1.19 bits per heavy atom. The summed E-state index contributed by atoms with van der Waals surface area (Å²) < 4.78 is 12.6. The maximum atomic E-state index is 12.3. The van der Waals surface area contributed by atoms with E-state index in [1.165, 1.54) is 22.2 Å². The van der Waals surface area contributed by atoms with Crippen LogP contribution in [-0.2, 0) is 5.75 Å². The molecule has 0 saturated carbocycles. The molecule has 0 aliphatic heterocycles. The van der Waals surface area contributed by atoms with Gasteiger partial charge in [-0.2, -0.15) is 0 Å². The maximum absolute atomic E-state index is 12.3. The number of pyridine rings is 1. The van der Waals surface area contributed by atoms with Crippen LogP contribution in [0.15, 0.2) is 63.1 Å². The number of hydrogen-bond acceptors (Lipinski definition) is 7. The standard InChI is InChI=1S/C19H16N4O3S/c1-12-6-5-9-23-16(24)10-13(20-17(12)23)11-27-19-22-21-18(26-19)14-7-3-4-8-15(14)25-2/h3-10H,11H2,1-2H3. The smallest absolute Gasteiger partial charge is 0.277 e. The molecule has 1 aromatic carbocycles. The van der Waals surface area contributed by atoms with Crippen LogP contribution in [0.2, 0.25) is 0 Å². The highest BCUT2D eigenvalue weighted by atomic mass is 32.2. The van der Waals surface area contributed by atoms with Crippen LogP contribution in [0.5, 0.6) is 5.75 Å². The van der Waals surface area contributed by atoms with E-state index in [9.17, 15) is 4.79 Å². The highest BCUT2D eigenvalue weighted by Crippen LogP contribution is 2.31. The minimum Gasteiger partial charge on any atom is -0.496 e. The van der Waals surface area contributed by atoms with Crippen molar-refractivity contribution in [3.05, 3.63) is 70.3 Å². The monoisotopic (exact) mass is 380 g/mol. The molecule has 0 atom stereocenters. The third kappa shape index (κ3) is 3.43. The van der Waals surface area contributed by atoms with Gasteiger partial charge in [0.05, 0.1) is 18.4 Å². The van der Waals surface area contributed by atoms with E-state index in [0.717, 1.165) is 11.1 Å². The molecule has 0 unspecified atom stereocenters. The van der Waals surface area contributed by atoms with E-state index in [-0.39, 0.29) is 5.56 Å². The summed E-state index contributed by atoms with van der Waals surface area (Å²) in [6.07, 6.45) is 1.71. The summed E-state index contributed by atoms with van der Waals surface area (Å²) in [5.74, 6) is 1.50. The zero-order valence-electron chi connectivity index (χ0n) is 14.7. The molecule has 0 amide bonds. The van der Waals surface area contributed by atoms with E-state index < -0.39 is 0 Å². The molecule has 8 heteroatoms. The number of methoxy groups -OCH3 is 1. The minimum absolute atomic E-state index is 0.112. The third-order valence-corrected chi connectivity index (χ3v) is 4.88. The van der Waals surface area contributed by atoms with Crippen molar-refractivity contribution < 1.29 is 9.15 Å². The molecule has 0 aliphatic carbocycles. The van der Waals surface area contributed by atoms with Crippen LogP contribution in [0, 0.1) is 6.92 Å². The molecule has 3 heterocycles. The van der Waals surface area contributed by atoms with Crippen LogP contribution in [0.4, 0.5) is 0 Å². The number of benzene rings is 1. The third-order valence-electron chi connectivity index (χ3n) is 4.03. The quantitative estimate of drug-likeness (QED) is 0.491. The normalized spacial score (nSPS) is 11.0. The highest BCUT2D eigenvalue weighted by Gasteiger charge is 2.14. The number of aryl methyl sites for hydroxylation is 1. The number of rotatable bonds is 5. The van der Waals surface area contributed by atoms with Crippen molar-refractivity contribution in [1.29, 1.82) is 0 Å². The Balaban J connectivity index is 1.56. The molecule has 0 fully saturated rings. The topological polar surface area (TPSA) is 82.5 Å². The predicted molar refractivity (Wildman–Crippen MR) is 102 cm³/mol. The predicted octanol–water partition coefficient (Wildman–Crippen LogP) is 3.35. The van der Waals surface area contributed by atoms with Crippen molar-refractivity contribution in [3.8, 4) is 17.2 Å². The van der Waals surface area contributed by atoms with Gasteiger partial charge in [0, 0.05) is 18.0 Å². The number of thioether (sulfide) groups is 1. The van der Waals surface area contributed by atoms with Crippen LogP contribution in [0.3, 0.4) is 0 Å². The van der Waals surface area contributed by atoms with Gasteiger partial charge in [-0.1, -0.05) is 30.0 Å². The molecule has 3 aromatic heterocycles. The molecule has 7 nitrogen and oxygen atoms in total. The van der Waals surface area contributed by atoms with Crippen LogP contribution < -0.4 is 10.3 Å². The van der Waals surface area contributed by atoms with Gasteiger partial charge in [0.2, 0.25) is 0 Å². The minimum atomic E-state index is -0.112. The van der Waals surface area contributed by atoms with E-state index in [1.54, 1.807) is 13.3 Å². The lowest BCUT2D eigenvalue weighted by molar-refractivity contribution is 0.411. The summed E-state index contributed by atoms with van der Waals surface area (Å²) in [5, 5.41) is 8.56. The molecule has 136 valence electrons. The fraction of sp³-hybridized carbons (Fsp3) is 0.158. The van der Waals surface area contributed by atoms with Crippen LogP contribution in [0.25, 0.3) is 17.1 Å². The number of aromatic nitrogens is 4. The summed E-state index contributed by atoms with van der Waals surface area (Å²) in [4.78, 5) is 16.8. The summed E-state index contributed by atoms with van der Waals surface area (Å²) in [7, 11) is 1.59. The van der Waals surface area contributed by atoms with Crippen molar-refractivity contribution in [2.45, 2.75) is 17.9 Å². The molecular formula is C19H16N4O3S. The van der Waals surface area contributed by atoms with E-state index in [0.29, 0.717) is 34.0 Å². The number of ether oxygens (including phenoxy) is 1.